The molecule has 1 aromatic carbocycles. The first-order chi connectivity index (χ1) is 10.1. The highest BCUT2D eigenvalue weighted by atomic mass is 32.2. The minimum absolute atomic E-state index is 0.00220. The molecule has 2 saturated heterocycles. The molecule has 2 heterocycles. The second kappa shape index (κ2) is 5.77. The van der Waals surface area contributed by atoms with Crippen LogP contribution in [-0.4, -0.2) is 49.7 Å². The average molecular weight is 308 g/mol. The van der Waals surface area contributed by atoms with Gasteiger partial charge in [-0.25, -0.2) is 8.42 Å². The van der Waals surface area contributed by atoms with E-state index in [-0.39, 0.29) is 10.8 Å². The first-order valence-electron chi connectivity index (χ1n) is 7.48. The lowest BCUT2D eigenvalue weighted by Crippen LogP contribution is -2.29. The summed E-state index contributed by atoms with van der Waals surface area (Å²) in [7, 11) is -3.39. The molecule has 0 bridgehead atoms. The Morgan fingerprint density at radius 1 is 0.857 bits per heavy atom. The number of hydrogen-bond acceptors (Lipinski definition) is 3. The zero-order valence-corrected chi connectivity index (χ0v) is 12.8. The molecule has 1 aromatic rings. The largest absolute Gasteiger partial charge is 0.339 e. The summed E-state index contributed by atoms with van der Waals surface area (Å²) in [6, 6.07) is 6.36. The van der Waals surface area contributed by atoms with Crippen LogP contribution in [0.25, 0.3) is 0 Å². The van der Waals surface area contributed by atoms with Crippen molar-refractivity contribution in [1.82, 2.24) is 9.21 Å². The van der Waals surface area contributed by atoms with E-state index in [4.69, 9.17) is 0 Å². The van der Waals surface area contributed by atoms with Crippen molar-refractivity contribution in [3.05, 3.63) is 29.8 Å². The van der Waals surface area contributed by atoms with E-state index in [1.165, 1.54) is 4.31 Å². The normalized spacial score (nSPS) is 20.1. The predicted molar refractivity (Wildman–Crippen MR) is 79.6 cm³/mol. The van der Waals surface area contributed by atoms with Crippen molar-refractivity contribution in [1.29, 1.82) is 0 Å². The average Bonchev–Trinajstić information content (AvgIpc) is 3.19. The molecule has 2 aliphatic heterocycles. The van der Waals surface area contributed by atoms with Gasteiger partial charge in [-0.2, -0.15) is 4.31 Å². The number of rotatable bonds is 3. The van der Waals surface area contributed by atoms with E-state index in [1.807, 2.05) is 4.90 Å². The molecule has 0 spiro atoms. The Balaban J connectivity index is 1.78. The molecular formula is C15H20N2O3S. The van der Waals surface area contributed by atoms with E-state index in [0.29, 0.717) is 18.7 Å². The van der Waals surface area contributed by atoms with Crippen LogP contribution >= 0.6 is 0 Å². The van der Waals surface area contributed by atoms with Crippen molar-refractivity contribution < 1.29 is 13.2 Å². The first-order valence-corrected chi connectivity index (χ1v) is 8.92. The lowest BCUT2D eigenvalue weighted by molar-refractivity contribution is 0.0792. The van der Waals surface area contributed by atoms with E-state index >= 15 is 0 Å². The maximum absolute atomic E-state index is 12.4. The second-order valence-electron chi connectivity index (χ2n) is 5.63. The minimum Gasteiger partial charge on any atom is -0.339 e. The van der Waals surface area contributed by atoms with Gasteiger partial charge < -0.3 is 4.90 Å². The molecule has 5 nitrogen and oxygen atoms in total. The van der Waals surface area contributed by atoms with Crippen molar-refractivity contribution in [2.45, 2.75) is 30.6 Å². The number of benzene rings is 1. The molecule has 0 aromatic heterocycles. The van der Waals surface area contributed by atoms with Crippen LogP contribution < -0.4 is 0 Å². The summed E-state index contributed by atoms with van der Waals surface area (Å²) >= 11 is 0. The molecule has 2 fully saturated rings. The van der Waals surface area contributed by atoms with Crippen LogP contribution in [0.2, 0.25) is 0 Å². The third-order valence-electron chi connectivity index (χ3n) is 4.20. The van der Waals surface area contributed by atoms with E-state index in [2.05, 4.69) is 0 Å². The number of carbonyl (C=O) groups is 1. The fraction of sp³-hybridized carbons (Fsp3) is 0.533. The van der Waals surface area contributed by atoms with Gasteiger partial charge in [0.05, 0.1) is 4.90 Å². The van der Waals surface area contributed by atoms with Gasteiger partial charge in [0.15, 0.2) is 0 Å². The third kappa shape index (κ3) is 2.82. The predicted octanol–water partition coefficient (Wildman–Crippen LogP) is 1.71. The fourth-order valence-corrected chi connectivity index (χ4v) is 4.47. The maximum Gasteiger partial charge on any atom is 0.253 e. The number of likely N-dealkylation sites (tertiary alicyclic amines) is 1. The van der Waals surface area contributed by atoms with Gasteiger partial charge in [-0.3, -0.25) is 4.79 Å². The first kappa shape index (κ1) is 14.5. The zero-order chi connectivity index (χ0) is 14.9. The fourth-order valence-electron chi connectivity index (χ4n) is 2.95. The van der Waals surface area contributed by atoms with Crippen molar-refractivity contribution in [3.8, 4) is 0 Å². The Bertz CT molecular complexity index is 613. The van der Waals surface area contributed by atoms with Crippen LogP contribution in [0, 0.1) is 0 Å². The standard InChI is InChI=1S/C15H20N2O3S/c18-15(16-9-1-2-10-16)13-5-7-14(8-6-13)21(19,20)17-11-3-4-12-17/h5-8H,1-4,9-12H2. The van der Waals surface area contributed by atoms with Crippen LogP contribution in [-0.2, 0) is 10.0 Å². The van der Waals surface area contributed by atoms with Crippen molar-refractivity contribution in [2.24, 2.45) is 0 Å². The van der Waals surface area contributed by atoms with Gasteiger partial charge in [-0.15, -0.1) is 0 Å². The minimum atomic E-state index is -3.39. The molecule has 114 valence electrons. The summed E-state index contributed by atoms with van der Waals surface area (Å²) in [5.41, 5.74) is 0.567. The zero-order valence-electron chi connectivity index (χ0n) is 12.0. The number of hydrogen-bond donors (Lipinski definition) is 0. The molecule has 0 aliphatic carbocycles. The third-order valence-corrected chi connectivity index (χ3v) is 6.11. The van der Waals surface area contributed by atoms with Gasteiger partial charge in [0, 0.05) is 31.7 Å². The van der Waals surface area contributed by atoms with E-state index in [1.54, 1.807) is 24.3 Å². The molecular weight excluding hydrogens is 288 g/mol. The highest BCUT2D eigenvalue weighted by Crippen LogP contribution is 2.22. The molecule has 2 aliphatic rings. The van der Waals surface area contributed by atoms with Crippen LogP contribution in [0.4, 0.5) is 0 Å². The Labute approximate surface area is 125 Å². The Morgan fingerprint density at radius 2 is 1.38 bits per heavy atom. The van der Waals surface area contributed by atoms with Gasteiger partial charge in [-0.05, 0) is 49.9 Å². The summed E-state index contributed by atoms with van der Waals surface area (Å²) in [5.74, 6) is -0.00220. The van der Waals surface area contributed by atoms with E-state index in [9.17, 15) is 13.2 Å². The van der Waals surface area contributed by atoms with Crippen molar-refractivity contribution in [2.75, 3.05) is 26.2 Å². The lowest BCUT2D eigenvalue weighted by atomic mass is 10.2. The summed E-state index contributed by atoms with van der Waals surface area (Å²) in [5, 5.41) is 0. The van der Waals surface area contributed by atoms with Crippen LogP contribution in [0.1, 0.15) is 36.0 Å². The molecule has 1 amide bonds. The van der Waals surface area contributed by atoms with Crippen LogP contribution in [0.5, 0.6) is 0 Å². The van der Waals surface area contributed by atoms with E-state index < -0.39 is 10.0 Å². The Kier molecular flexibility index (Phi) is 3.99. The van der Waals surface area contributed by atoms with Gasteiger partial charge in [-0.1, -0.05) is 0 Å². The quantitative estimate of drug-likeness (QED) is 0.854. The molecule has 6 heteroatoms. The molecule has 0 radical (unpaired) electrons. The van der Waals surface area contributed by atoms with Gasteiger partial charge in [0.25, 0.3) is 5.91 Å². The second-order valence-corrected chi connectivity index (χ2v) is 7.57. The number of amides is 1. The summed E-state index contributed by atoms with van der Waals surface area (Å²) in [4.78, 5) is 14.3. The maximum atomic E-state index is 12.4. The van der Waals surface area contributed by atoms with Gasteiger partial charge in [0.1, 0.15) is 0 Å². The summed E-state index contributed by atoms with van der Waals surface area (Å²) in [6.45, 7) is 2.78. The monoisotopic (exact) mass is 308 g/mol. The lowest BCUT2D eigenvalue weighted by Gasteiger charge is -2.17. The number of carbonyl (C=O) groups excluding carboxylic acids is 1. The highest BCUT2D eigenvalue weighted by Gasteiger charge is 2.27. The number of nitrogens with zero attached hydrogens (tertiary/aromatic N) is 2. The molecule has 21 heavy (non-hydrogen) atoms. The van der Waals surface area contributed by atoms with Crippen molar-refractivity contribution in [3.63, 3.8) is 0 Å². The molecule has 0 unspecified atom stereocenters. The van der Waals surface area contributed by atoms with Crippen molar-refractivity contribution >= 4 is 15.9 Å². The SMILES string of the molecule is O=C(c1ccc(S(=O)(=O)N2CCCC2)cc1)N1CCCC1. The highest BCUT2D eigenvalue weighted by molar-refractivity contribution is 7.89. The molecule has 0 N–H and O–H groups in total. The summed E-state index contributed by atoms with van der Waals surface area (Å²) in [6.07, 6.45) is 3.94. The van der Waals surface area contributed by atoms with Gasteiger partial charge in [0.2, 0.25) is 10.0 Å². The molecule has 0 saturated carbocycles. The van der Waals surface area contributed by atoms with Crippen LogP contribution in [0.15, 0.2) is 29.2 Å². The molecule has 0 atom stereocenters. The topological polar surface area (TPSA) is 57.7 Å². The Hall–Kier alpha value is -1.40. The smallest absolute Gasteiger partial charge is 0.253 e. The summed E-state index contributed by atoms with van der Waals surface area (Å²) < 4.78 is 26.3. The van der Waals surface area contributed by atoms with Gasteiger partial charge >= 0.3 is 0 Å². The van der Waals surface area contributed by atoms with Crippen LogP contribution in [0.3, 0.4) is 0 Å². The molecule has 3 rings (SSSR count). The Morgan fingerprint density at radius 3 is 1.95 bits per heavy atom. The number of sulfonamides is 1. The van der Waals surface area contributed by atoms with E-state index in [0.717, 1.165) is 38.8 Å².